The number of benzene rings is 2. The number of hydrogen-bond donors (Lipinski definition) is 2. The molecule has 0 aliphatic carbocycles. The Balaban J connectivity index is 1.91. The van der Waals surface area contributed by atoms with Crippen LogP contribution in [0.3, 0.4) is 0 Å². The molecule has 0 spiro atoms. The monoisotopic (exact) mass is 399 g/mol. The zero-order valence-electron chi connectivity index (χ0n) is 13.2. The Labute approximate surface area is 153 Å². The summed E-state index contributed by atoms with van der Waals surface area (Å²) in [5.41, 5.74) is 0.298. The van der Waals surface area contributed by atoms with Crippen molar-refractivity contribution >= 4 is 33.2 Å². The van der Waals surface area contributed by atoms with Gasteiger partial charge < -0.3 is 10.1 Å². The number of nitrogens with one attached hydrogen (secondary N) is 1. The second-order valence-corrected chi connectivity index (χ2v) is 7.12. The van der Waals surface area contributed by atoms with E-state index >= 15 is 0 Å². The van der Waals surface area contributed by atoms with E-state index in [-0.39, 0.29) is 27.9 Å². The average Bonchev–Trinajstić information content (AvgIpc) is 2.58. The fourth-order valence-electron chi connectivity index (χ4n) is 1.95. The van der Waals surface area contributed by atoms with Crippen LogP contribution in [0.5, 0.6) is 5.75 Å². The van der Waals surface area contributed by atoms with Crippen LogP contribution in [-0.4, -0.2) is 25.9 Å². The van der Waals surface area contributed by atoms with Crippen LogP contribution in [-0.2, 0) is 21.4 Å². The van der Waals surface area contributed by atoms with E-state index in [4.69, 9.17) is 21.5 Å². The molecule has 2 aromatic rings. The summed E-state index contributed by atoms with van der Waals surface area (Å²) in [4.78, 5) is 22.1. The predicted octanol–water partition coefficient (Wildman–Crippen LogP) is 1.59. The first kappa shape index (κ1) is 19.6. The molecule has 0 saturated heterocycles. The zero-order valence-corrected chi connectivity index (χ0v) is 14.8. The highest BCUT2D eigenvalue weighted by Crippen LogP contribution is 2.29. The number of carbonyl (C=O) groups is 1. The third-order valence-electron chi connectivity index (χ3n) is 3.22. The van der Waals surface area contributed by atoms with Crippen molar-refractivity contribution < 1.29 is 22.9 Å². The minimum Gasteiger partial charge on any atom is -0.477 e. The lowest BCUT2D eigenvalue weighted by Gasteiger charge is -2.08. The van der Waals surface area contributed by atoms with Crippen molar-refractivity contribution in [2.75, 3.05) is 6.61 Å². The van der Waals surface area contributed by atoms with E-state index in [2.05, 4.69) is 5.32 Å². The van der Waals surface area contributed by atoms with E-state index in [9.17, 15) is 23.3 Å². The number of hydrogen-bond acceptors (Lipinski definition) is 6. The minimum atomic E-state index is -3.78. The average molecular weight is 400 g/mol. The van der Waals surface area contributed by atoms with E-state index in [1.807, 2.05) is 0 Å². The lowest BCUT2D eigenvalue weighted by Crippen LogP contribution is -2.28. The summed E-state index contributed by atoms with van der Waals surface area (Å²) in [5.74, 6) is -0.586. The molecule has 0 aliphatic heterocycles. The number of primary sulfonamides is 1. The normalized spacial score (nSPS) is 11.0. The number of sulfonamides is 1. The van der Waals surface area contributed by atoms with E-state index in [0.717, 1.165) is 6.07 Å². The number of ether oxygens (including phenoxy) is 1. The van der Waals surface area contributed by atoms with E-state index < -0.39 is 27.5 Å². The van der Waals surface area contributed by atoms with Crippen LogP contribution in [0.15, 0.2) is 47.4 Å². The molecule has 0 atom stereocenters. The molecular formula is C15H14ClN3O6S. The first-order chi connectivity index (χ1) is 12.2. The van der Waals surface area contributed by atoms with Crippen molar-refractivity contribution in [2.24, 2.45) is 5.14 Å². The van der Waals surface area contributed by atoms with Gasteiger partial charge in [0.2, 0.25) is 10.0 Å². The van der Waals surface area contributed by atoms with E-state index in [0.29, 0.717) is 5.56 Å². The molecule has 1 amide bonds. The molecule has 0 heterocycles. The predicted molar refractivity (Wildman–Crippen MR) is 93.3 cm³/mol. The molecule has 0 saturated carbocycles. The van der Waals surface area contributed by atoms with Crippen molar-refractivity contribution in [3.05, 3.63) is 63.2 Å². The van der Waals surface area contributed by atoms with E-state index in [1.165, 1.54) is 36.4 Å². The third-order valence-corrected chi connectivity index (χ3v) is 4.38. The van der Waals surface area contributed by atoms with Gasteiger partial charge >= 0.3 is 5.69 Å². The van der Waals surface area contributed by atoms with Crippen LogP contribution >= 0.6 is 11.6 Å². The Morgan fingerprint density at radius 1 is 1.23 bits per heavy atom. The standard InChI is InChI=1S/C15H14ClN3O6S/c16-11-3-6-14(13(7-11)19(21)22)25-9-15(20)18-8-10-1-4-12(5-2-10)26(17,23)24/h1-7H,8-9H2,(H,18,20)(H2,17,23,24). The number of carbonyl (C=O) groups excluding carboxylic acids is 1. The Hall–Kier alpha value is -2.69. The summed E-state index contributed by atoms with van der Waals surface area (Å²) in [6.45, 7) is -0.312. The maximum absolute atomic E-state index is 11.8. The van der Waals surface area contributed by atoms with Crippen molar-refractivity contribution in [2.45, 2.75) is 11.4 Å². The number of nitrogens with two attached hydrogens (primary N) is 1. The van der Waals surface area contributed by atoms with Crippen LogP contribution in [0, 0.1) is 10.1 Å². The van der Waals surface area contributed by atoms with Gasteiger partial charge in [-0.1, -0.05) is 23.7 Å². The Kier molecular flexibility index (Phi) is 6.14. The van der Waals surface area contributed by atoms with Crippen molar-refractivity contribution in [3.8, 4) is 5.75 Å². The van der Waals surface area contributed by atoms with Gasteiger partial charge in [0, 0.05) is 17.6 Å². The number of rotatable bonds is 7. The molecule has 0 radical (unpaired) electrons. The van der Waals surface area contributed by atoms with Crippen LogP contribution in [0.2, 0.25) is 5.02 Å². The van der Waals surface area contributed by atoms with Crippen LogP contribution in [0.25, 0.3) is 0 Å². The second-order valence-electron chi connectivity index (χ2n) is 5.12. The highest BCUT2D eigenvalue weighted by atomic mass is 35.5. The number of halogens is 1. The molecule has 138 valence electrons. The first-order valence-electron chi connectivity index (χ1n) is 7.12. The molecule has 0 unspecified atom stereocenters. The number of nitrogens with zero attached hydrogens (tertiary/aromatic N) is 1. The summed E-state index contributed by atoms with van der Waals surface area (Å²) >= 11 is 5.70. The fourth-order valence-corrected chi connectivity index (χ4v) is 2.63. The van der Waals surface area contributed by atoms with Crippen LogP contribution in [0.4, 0.5) is 5.69 Å². The molecule has 2 rings (SSSR count). The smallest absolute Gasteiger partial charge is 0.312 e. The van der Waals surface area contributed by atoms with Gasteiger partial charge in [0.1, 0.15) is 0 Å². The van der Waals surface area contributed by atoms with Crippen LogP contribution in [0.1, 0.15) is 5.56 Å². The maximum Gasteiger partial charge on any atom is 0.312 e. The second kappa shape index (κ2) is 8.13. The van der Waals surface area contributed by atoms with Gasteiger partial charge in [-0.25, -0.2) is 13.6 Å². The summed E-state index contributed by atoms with van der Waals surface area (Å²) in [7, 11) is -3.78. The first-order valence-corrected chi connectivity index (χ1v) is 9.04. The molecule has 0 fully saturated rings. The van der Waals surface area contributed by atoms with Gasteiger partial charge in [-0.3, -0.25) is 14.9 Å². The van der Waals surface area contributed by atoms with Gasteiger partial charge in [0.25, 0.3) is 5.91 Å². The zero-order chi connectivity index (χ0) is 19.3. The summed E-state index contributed by atoms with van der Waals surface area (Å²) < 4.78 is 27.5. The number of nitro groups is 1. The summed E-state index contributed by atoms with van der Waals surface area (Å²) in [5, 5.41) is 18.7. The van der Waals surface area contributed by atoms with Crippen molar-refractivity contribution in [1.29, 1.82) is 0 Å². The van der Waals surface area contributed by atoms with Gasteiger partial charge in [0.15, 0.2) is 12.4 Å². The molecule has 9 nitrogen and oxygen atoms in total. The van der Waals surface area contributed by atoms with Gasteiger partial charge in [-0.05, 0) is 29.8 Å². The van der Waals surface area contributed by atoms with Gasteiger partial charge in [-0.15, -0.1) is 0 Å². The Morgan fingerprint density at radius 3 is 2.46 bits per heavy atom. The summed E-state index contributed by atoms with van der Waals surface area (Å²) in [6, 6.07) is 9.50. The topological polar surface area (TPSA) is 142 Å². The highest BCUT2D eigenvalue weighted by molar-refractivity contribution is 7.89. The van der Waals surface area contributed by atoms with Gasteiger partial charge in [-0.2, -0.15) is 0 Å². The molecule has 11 heteroatoms. The number of nitro benzene ring substituents is 1. The number of amides is 1. The quantitative estimate of drug-likeness (QED) is 0.534. The Morgan fingerprint density at radius 2 is 1.88 bits per heavy atom. The maximum atomic E-state index is 11.8. The van der Waals surface area contributed by atoms with Crippen molar-refractivity contribution in [1.82, 2.24) is 5.32 Å². The Bertz CT molecular complexity index is 931. The summed E-state index contributed by atoms with van der Waals surface area (Å²) in [6.07, 6.45) is 0. The van der Waals surface area contributed by atoms with Crippen molar-refractivity contribution in [3.63, 3.8) is 0 Å². The minimum absolute atomic E-state index is 0.0362. The van der Waals surface area contributed by atoms with Crippen LogP contribution < -0.4 is 15.2 Å². The largest absolute Gasteiger partial charge is 0.477 e. The SMILES string of the molecule is NS(=O)(=O)c1ccc(CNC(=O)COc2ccc(Cl)cc2[N+](=O)[O-])cc1. The molecule has 0 aliphatic rings. The van der Waals surface area contributed by atoms with Gasteiger partial charge in [0.05, 0.1) is 9.82 Å². The highest BCUT2D eigenvalue weighted by Gasteiger charge is 2.16. The molecule has 0 aromatic heterocycles. The molecule has 2 aromatic carbocycles. The van der Waals surface area contributed by atoms with E-state index in [1.54, 1.807) is 0 Å². The lowest BCUT2D eigenvalue weighted by molar-refractivity contribution is -0.385. The molecule has 26 heavy (non-hydrogen) atoms. The lowest BCUT2D eigenvalue weighted by atomic mass is 10.2. The molecule has 3 N–H and O–H groups in total. The third kappa shape index (κ3) is 5.41. The molecular weight excluding hydrogens is 386 g/mol. The molecule has 0 bridgehead atoms. The fraction of sp³-hybridized carbons (Fsp3) is 0.133.